The van der Waals surface area contributed by atoms with Gasteiger partial charge in [0.1, 0.15) is 13.3 Å². The van der Waals surface area contributed by atoms with Gasteiger partial charge in [-0.25, -0.2) is 0 Å². The van der Waals surface area contributed by atoms with E-state index in [1.54, 1.807) is 0 Å². The molecular formula is C6H7NO3. The first-order chi connectivity index (χ1) is 4.75. The van der Waals surface area contributed by atoms with Gasteiger partial charge in [0.15, 0.2) is 0 Å². The smallest absolute Gasteiger partial charge is 0.257 e. The lowest BCUT2D eigenvalue weighted by Gasteiger charge is -2.06. The molecule has 0 aromatic heterocycles. The SMILES string of the molecule is C=CC(=O)N1COCC1=O. The van der Waals surface area contributed by atoms with Gasteiger partial charge < -0.3 is 4.74 Å². The number of ether oxygens (including phenoxy) is 1. The average Bonchev–Trinajstić information content (AvgIpc) is 2.34. The molecule has 1 aliphatic heterocycles. The zero-order valence-electron chi connectivity index (χ0n) is 5.37. The second kappa shape index (κ2) is 2.62. The maximum atomic E-state index is 10.7. The fraction of sp³-hybridized carbons (Fsp3) is 0.333. The number of hydrogen-bond acceptors (Lipinski definition) is 3. The fourth-order valence-electron chi connectivity index (χ4n) is 0.671. The van der Waals surface area contributed by atoms with Crippen LogP contribution in [0.4, 0.5) is 0 Å². The average molecular weight is 141 g/mol. The Morgan fingerprint density at radius 2 is 2.50 bits per heavy atom. The summed E-state index contributed by atoms with van der Waals surface area (Å²) in [7, 11) is 0. The lowest BCUT2D eigenvalue weighted by molar-refractivity contribution is -0.138. The molecule has 1 saturated heterocycles. The van der Waals surface area contributed by atoms with Crippen molar-refractivity contribution >= 4 is 11.8 Å². The van der Waals surface area contributed by atoms with Gasteiger partial charge >= 0.3 is 0 Å². The van der Waals surface area contributed by atoms with Gasteiger partial charge in [-0.05, 0) is 6.08 Å². The molecular weight excluding hydrogens is 134 g/mol. The molecule has 0 N–H and O–H groups in total. The summed E-state index contributed by atoms with van der Waals surface area (Å²) in [6.07, 6.45) is 1.09. The minimum absolute atomic E-state index is 0.000417. The van der Waals surface area contributed by atoms with E-state index in [2.05, 4.69) is 6.58 Å². The summed E-state index contributed by atoms with van der Waals surface area (Å²) in [5.41, 5.74) is 0. The summed E-state index contributed by atoms with van der Waals surface area (Å²) in [5, 5.41) is 0. The van der Waals surface area contributed by atoms with Crippen LogP contribution in [0.2, 0.25) is 0 Å². The van der Waals surface area contributed by atoms with Gasteiger partial charge in [-0.15, -0.1) is 0 Å². The van der Waals surface area contributed by atoms with E-state index >= 15 is 0 Å². The van der Waals surface area contributed by atoms with Crippen molar-refractivity contribution in [3.8, 4) is 0 Å². The van der Waals surface area contributed by atoms with Crippen molar-refractivity contribution in [2.24, 2.45) is 0 Å². The molecule has 0 radical (unpaired) electrons. The van der Waals surface area contributed by atoms with E-state index < -0.39 is 5.91 Å². The van der Waals surface area contributed by atoms with E-state index in [1.807, 2.05) is 0 Å². The van der Waals surface area contributed by atoms with Gasteiger partial charge in [0.05, 0.1) is 0 Å². The van der Waals surface area contributed by atoms with Crippen molar-refractivity contribution in [3.05, 3.63) is 12.7 Å². The van der Waals surface area contributed by atoms with E-state index in [0.717, 1.165) is 11.0 Å². The number of carbonyl (C=O) groups excluding carboxylic acids is 2. The molecule has 1 rings (SSSR count). The minimum Gasteiger partial charge on any atom is -0.351 e. The van der Waals surface area contributed by atoms with Crippen molar-refractivity contribution in [1.29, 1.82) is 0 Å². The van der Waals surface area contributed by atoms with Gasteiger partial charge in [0, 0.05) is 0 Å². The van der Waals surface area contributed by atoms with Crippen molar-refractivity contribution in [1.82, 2.24) is 4.90 Å². The Balaban J connectivity index is 2.63. The first kappa shape index (κ1) is 6.95. The molecule has 0 atom stereocenters. The summed E-state index contributed by atoms with van der Waals surface area (Å²) >= 11 is 0. The van der Waals surface area contributed by atoms with Crippen LogP contribution in [0.25, 0.3) is 0 Å². The minimum atomic E-state index is -0.400. The van der Waals surface area contributed by atoms with E-state index in [0.29, 0.717) is 0 Å². The zero-order valence-corrected chi connectivity index (χ0v) is 5.37. The number of nitrogens with zero attached hydrogens (tertiary/aromatic N) is 1. The third-order valence-electron chi connectivity index (χ3n) is 1.19. The van der Waals surface area contributed by atoms with Crippen molar-refractivity contribution < 1.29 is 14.3 Å². The molecule has 54 valence electrons. The lowest BCUT2D eigenvalue weighted by atomic mass is 10.5. The third-order valence-corrected chi connectivity index (χ3v) is 1.19. The summed E-state index contributed by atoms with van der Waals surface area (Å²) < 4.78 is 4.70. The molecule has 1 aliphatic rings. The van der Waals surface area contributed by atoms with Crippen LogP contribution in [-0.2, 0) is 14.3 Å². The molecule has 4 nitrogen and oxygen atoms in total. The Morgan fingerprint density at radius 1 is 1.80 bits per heavy atom. The Labute approximate surface area is 58.1 Å². The Hall–Kier alpha value is -1.16. The second-order valence-electron chi connectivity index (χ2n) is 1.84. The first-order valence-corrected chi connectivity index (χ1v) is 2.80. The standard InChI is InChI=1S/C6H7NO3/c1-2-5(8)7-4-10-3-6(7)9/h2H,1,3-4H2. The van der Waals surface area contributed by atoms with Gasteiger partial charge in [0.25, 0.3) is 11.8 Å². The van der Waals surface area contributed by atoms with Gasteiger partial charge in [-0.2, -0.15) is 0 Å². The number of carbonyl (C=O) groups is 2. The number of amides is 2. The number of rotatable bonds is 1. The van der Waals surface area contributed by atoms with E-state index in [-0.39, 0.29) is 19.2 Å². The third kappa shape index (κ3) is 1.06. The number of hydrogen-bond donors (Lipinski definition) is 0. The summed E-state index contributed by atoms with van der Waals surface area (Å²) in [5.74, 6) is -0.701. The highest BCUT2D eigenvalue weighted by molar-refractivity contribution is 6.01. The van der Waals surface area contributed by atoms with Crippen LogP contribution < -0.4 is 0 Å². The molecule has 10 heavy (non-hydrogen) atoms. The molecule has 1 fully saturated rings. The van der Waals surface area contributed by atoms with E-state index in [4.69, 9.17) is 4.74 Å². The number of imide groups is 1. The van der Waals surface area contributed by atoms with Crippen molar-refractivity contribution in [3.63, 3.8) is 0 Å². The van der Waals surface area contributed by atoms with Crippen molar-refractivity contribution in [2.45, 2.75) is 0 Å². The van der Waals surface area contributed by atoms with Crippen LogP contribution in [-0.4, -0.2) is 30.1 Å². The molecule has 0 aliphatic carbocycles. The van der Waals surface area contributed by atoms with Crippen LogP contribution in [0.1, 0.15) is 0 Å². The Morgan fingerprint density at radius 3 is 2.90 bits per heavy atom. The largest absolute Gasteiger partial charge is 0.351 e. The highest BCUT2D eigenvalue weighted by atomic mass is 16.5. The van der Waals surface area contributed by atoms with Gasteiger partial charge in [0.2, 0.25) is 0 Å². The summed E-state index contributed by atoms with van der Waals surface area (Å²) in [6.45, 7) is 3.30. The fourth-order valence-corrected chi connectivity index (χ4v) is 0.671. The van der Waals surface area contributed by atoms with Crippen LogP contribution in [0.5, 0.6) is 0 Å². The Bertz CT molecular complexity index is 187. The molecule has 0 saturated carbocycles. The molecule has 2 amide bonds. The van der Waals surface area contributed by atoms with Crippen molar-refractivity contribution in [2.75, 3.05) is 13.3 Å². The maximum Gasteiger partial charge on any atom is 0.257 e. The first-order valence-electron chi connectivity index (χ1n) is 2.80. The van der Waals surface area contributed by atoms with Crippen LogP contribution in [0.15, 0.2) is 12.7 Å². The normalized spacial score (nSPS) is 17.6. The lowest BCUT2D eigenvalue weighted by Crippen LogP contribution is -2.30. The van der Waals surface area contributed by atoms with Crippen LogP contribution in [0, 0.1) is 0 Å². The zero-order chi connectivity index (χ0) is 7.56. The molecule has 4 heteroatoms. The van der Waals surface area contributed by atoms with Crippen LogP contribution in [0.3, 0.4) is 0 Å². The molecule has 0 aromatic carbocycles. The maximum absolute atomic E-state index is 10.7. The molecule has 0 bridgehead atoms. The quantitative estimate of drug-likeness (QED) is 0.463. The van der Waals surface area contributed by atoms with Gasteiger partial charge in [-0.1, -0.05) is 6.58 Å². The van der Waals surface area contributed by atoms with E-state index in [1.165, 1.54) is 0 Å². The summed E-state index contributed by atoms with van der Waals surface area (Å²) in [6, 6.07) is 0. The second-order valence-corrected chi connectivity index (χ2v) is 1.84. The highest BCUT2D eigenvalue weighted by Crippen LogP contribution is 2.01. The monoisotopic (exact) mass is 141 g/mol. The topological polar surface area (TPSA) is 46.6 Å². The van der Waals surface area contributed by atoms with E-state index in [9.17, 15) is 9.59 Å². The predicted octanol–water partition coefficient (Wildman–Crippen LogP) is -0.485. The van der Waals surface area contributed by atoms with Crippen LogP contribution >= 0.6 is 0 Å². The summed E-state index contributed by atoms with van der Waals surface area (Å²) in [4.78, 5) is 22.4. The molecule has 1 heterocycles. The van der Waals surface area contributed by atoms with Gasteiger partial charge in [-0.3, -0.25) is 14.5 Å². The molecule has 0 aromatic rings. The predicted molar refractivity (Wildman–Crippen MR) is 32.9 cm³/mol. The Kier molecular flexibility index (Phi) is 1.82. The molecule has 0 unspecified atom stereocenters. The molecule has 0 spiro atoms. The highest BCUT2D eigenvalue weighted by Gasteiger charge is 2.24.